The fourth-order valence-corrected chi connectivity index (χ4v) is 1.64. The Morgan fingerprint density at radius 1 is 1.43 bits per heavy atom. The van der Waals surface area contributed by atoms with E-state index in [9.17, 15) is 0 Å². The van der Waals surface area contributed by atoms with Crippen molar-refractivity contribution in [2.75, 3.05) is 13.1 Å². The van der Waals surface area contributed by atoms with Crippen molar-refractivity contribution in [3.8, 4) is 0 Å². The molecular formula is C10H18IN3. The van der Waals surface area contributed by atoms with Crippen LogP contribution in [0.5, 0.6) is 0 Å². The monoisotopic (exact) mass is 307 g/mol. The number of nitrogens with one attached hydrogen (secondary N) is 1. The van der Waals surface area contributed by atoms with Crippen LogP contribution in [0.25, 0.3) is 0 Å². The molecule has 1 atom stereocenters. The minimum absolute atomic E-state index is 0.428. The zero-order chi connectivity index (χ0) is 10.6. The second kappa shape index (κ2) is 5.70. The average molecular weight is 307 g/mol. The lowest BCUT2D eigenvalue weighted by Gasteiger charge is -2.14. The number of nitrogens with zero attached hydrogens (tertiary/aromatic N) is 2. The van der Waals surface area contributed by atoms with Crippen molar-refractivity contribution in [2.24, 2.45) is 5.92 Å². The largest absolute Gasteiger partial charge is 0.314 e. The topological polar surface area (TPSA) is 29.9 Å². The van der Waals surface area contributed by atoms with E-state index in [4.69, 9.17) is 0 Å². The first-order valence-corrected chi connectivity index (χ1v) is 6.08. The van der Waals surface area contributed by atoms with E-state index in [1.807, 2.05) is 10.9 Å². The molecule has 0 spiro atoms. The highest BCUT2D eigenvalue weighted by molar-refractivity contribution is 14.1. The van der Waals surface area contributed by atoms with Gasteiger partial charge in [-0.15, -0.1) is 0 Å². The molecule has 0 saturated heterocycles. The molecule has 0 aliphatic carbocycles. The van der Waals surface area contributed by atoms with Crippen molar-refractivity contribution < 1.29 is 0 Å². The second-order valence-electron chi connectivity index (χ2n) is 4.04. The van der Waals surface area contributed by atoms with Crippen LogP contribution in [0.1, 0.15) is 26.8 Å². The number of aromatic nitrogens is 2. The van der Waals surface area contributed by atoms with Crippen molar-refractivity contribution in [3.05, 3.63) is 16.0 Å². The summed E-state index contributed by atoms with van der Waals surface area (Å²) in [4.78, 5) is 0. The molecule has 0 amide bonds. The molecule has 0 bridgehead atoms. The van der Waals surface area contributed by atoms with Crippen molar-refractivity contribution in [3.63, 3.8) is 0 Å². The fourth-order valence-electron chi connectivity index (χ4n) is 1.23. The SMILES string of the molecule is CC(C)CNCC(C)n1cc(I)cn1. The molecule has 0 aromatic carbocycles. The average Bonchev–Trinajstić information content (AvgIpc) is 2.51. The molecule has 0 fully saturated rings. The van der Waals surface area contributed by atoms with Crippen LogP contribution in [0.15, 0.2) is 12.4 Å². The van der Waals surface area contributed by atoms with Crippen LogP contribution in [0.3, 0.4) is 0 Å². The summed E-state index contributed by atoms with van der Waals surface area (Å²) >= 11 is 2.28. The molecule has 0 aliphatic heterocycles. The van der Waals surface area contributed by atoms with Gasteiger partial charge in [0.1, 0.15) is 0 Å². The number of hydrogen-bond acceptors (Lipinski definition) is 2. The summed E-state index contributed by atoms with van der Waals surface area (Å²) in [5.74, 6) is 0.708. The lowest BCUT2D eigenvalue weighted by atomic mass is 10.2. The third-order valence-electron chi connectivity index (χ3n) is 2.01. The van der Waals surface area contributed by atoms with Gasteiger partial charge in [0.15, 0.2) is 0 Å². The Morgan fingerprint density at radius 2 is 2.14 bits per heavy atom. The van der Waals surface area contributed by atoms with Gasteiger partial charge < -0.3 is 5.32 Å². The lowest BCUT2D eigenvalue weighted by Crippen LogP contribution is -2.27. The van der Waals surface area contributed by atoms with E-state index in [1.54, 1.807) is 0 Å². The standard InChI is InChI=1S/C10H18IN3/c1-8(2)4-12-5-9(3)14-7-10(11)6-13-14/h6-9,12H,4-5H2,1-3H3. The Balaban J connectivity index is 2.32. The third kappa shape index (κ3) is 3.96. The van der Waals surface area contributed by atoms with Crippen molar-refractivity contribution in [1.29, 1.82) is 0 Å². The van der Waals surface area contributed by atoms with Crippen molar-refractivity contribution in [2.45, 2.75) is 26.8 Å². The lowest BCUT2D eigenvalue weighted by molar-refractivity contribution is 0.434. The molecular weight excluding hydrogens is 289 g/mol. The van der Waals surface area contributed by atoms with Crippen LogP contribution in [0, 0.1) is 9.49 Å². The first-order chi connectivity index (χ1) is 6.59. The van der Waals surface area contributed by atoms with E-state index >= 15 is 0 Å². The summed E-state index contributed by atoms with van der Waals surface area (Å²) in [5, 5.41) is 7.71. The zero-order valence-electron chi connectivity index (χ0n) is 9.00. The van der Waals surface area contributed by atoms with Gasteiger partial charge in [-0.3, -0.25) is 4.68 Å². The summed E-state index contributed by atoms with van der Waals surface area (Å²) in [7, 11) is 0. The fraction of sp³-hybridized carbons (Fsp3) is 0.700. The van der Waals surface area contributed by atoms with Crippen LogP contribution in [-0.2, 0) is 0 Å². The molecule has 3 nitrogen and oxygen atoms in total. The summed E-state index contributed by atoms with van der Waals surface area (Å²) < 4.78 is 3.20. The number of halogens is 1. The molecule has 1 rings (SSSR count). The Bertz CT molecular complexity index is 270. The van der Waals surface area contributed by atoms with Crippen LogP contribution in [-0.4, -0.2) is 22.9 Å². The minimum atomic E-state index is 0.428. The summed E-state index contributed by atoms with van der Waals surface area (Å²) in [6.07, 6.45) is 3.96. The molecule has 80 valence electrons. The predicted octanol–water partition coefficient (Wildman–Crippen LogP) is 2.29. The van der Waals surface area contributed by atoms with E-state index in [1.165, 1.54) is 3.57 Å². The molecule has 1 unspecified atom stereocenters. The van der Waals surface area contributed by atoms with E-state index in [2.05, 4.69) is 60.0 Å². The predicted molar refractivity (Wildman–Crippen MR) is 67.4 cm³/mol. The van der Waals surface area contributed by atoms with Crippen LogP contribution < -0.4 is 5.32 Å². The maximum atomic E-state index is 4.28. The highest BCUT2D eigenvalue weighted by atomic mass is 127. The molecule has 0 aliphatic rings. The molecule has 0 radical (unpaired) electrons. The van der Waals surface area contributed by atoms with Gasteiger partial charge >= 0.3 is 0 Å². The van der Waals surface area contributed by atoms with Gasteiger partial charge in [-0.2, -0.15) is 5.10 Å². The van der Waals surface area contributed by atoms with Gasteiger partial charge in [-0.05, 0) is 42.0 Å². The smallest absolute Gasteiger partial charge is 0.0623 e. The van der Waals surface area contributed by atoms with E-state index in [0.717, 1.165) is 13.1 Å². The van der Waals surface area contributed by atoms with Crippen LogP contribution in [0.2, 0.25) is 0 Å². The normalized spacial score (nSPS) is 13.5. The van der Waals surface area contributed by atoms with Gasteiger partial charge in [0.25, 0.3) is 0 Å². The molecule has 0 saturated carbocycles. The summed E-state index contributed by atoms with van der Waals surface area (Å²) in [6, 6.07) is 0.428. The van der Waals surface area contributed by atoms with Gasteiger partial charge in [-0.25, -0.2) is 0 Å². The number of hydrogen-bond donors (Lipinski definition) is 1. The molecule has 1 aromatic rings. The molecule has 1 aromatic heterocycles. The first-order valence-electron chi connectivity index (χ1n) is 5.00. The molecule has 1 heterocycles. The highest BCUT2D eigenvalue weighted by Crippen LogP contribution is 2.07. The van der Waals surface area contributed by atoms with E-state index < -0.39 is 0 Å². The van der Waals surface area contributed by atoms with Gasteiger partial charge in [0.05, 0.1) is 15.8 Å². The van der Waals surface area contributed by atoms with E-state index in [0.29, 0.717) is 12.0 Å². The zero-order valence-corrected chi connectivity index (χ0v) is 11.2. The molecule has 4 heteroatoms. The van der Waals surface area contributed by atoms with Crippen molar-refractivity contribution >= 4 is 22.6 Å². The Labute approximate surface area is 99.4 Å². The number of rotatable bonds is 5. The molecule has 1 N–H and O–H groups in total. The maximum Gasteiger partial charge on any atom is 0.0623 e. The second-order valence-corrected chi connectivity index (χ2v) is 5.29. The Kier molecular flexibility index (Phi) is 4.88. The van der Waals surface area contributed by atoms with Gasteiger partial charge in [0, 0.05) is 12.7 Å². The first kappa shape index (κ1) is 12.0. The molecule has 14 heavy (non-hydrogen) atoms. The Morgan fingerprint density at radius 3 is 2.64 bits per heavy atom. The third-order valence-corrected chi connectivity index (χ3v) is 2.57. The summed E-state index contributed by atoms with van der Waals surface area (Å²) in [6.45, 7) is 8.66. The van der Waals surface area contributed by atoms with E-state index in [-0.39, 0.29) is 0 Å². The highest BCUT2D eigenvalue weighted by Gasteiger charge is 2.05. The van der Waals surface area contributed by atoms with Crippen LogP contribution in [0.4, 0.5) is 0 Å². The van der Waals surface area contributed by atoms with Gasteiger partial charge in [0.2, 0.25) is 0 Å². The quantitative estimate of drug-likeness (QED) is 0.846. The minimum Gasteiger partial charge on any atom is -0.314 e. The Hall–Kier alpha value is -0.100. The van der Waals surface area contributed by atoms with Crippen LogP contribution >= 0.6 is 22.6 Å². The maximum absolute atomic E-state index is 4.28. The van der Waals surface area contributed by atoms with Crippen molar-refractivity contribution in [1.82, 2.24) is 15.1 Å². The van der Waals surface area contributed by atoms with Gasteiger partial charge in [-0.1, -0.05) is 13.8 Å². The summed E-state index contributed by atoms with van der Waals surface area (Å²) in [5.41, 5.74) is 0.